The van der Waals surface area contributed by atoms with Crippen molar-refractivity contribution in [3.63, 3.8) is 0 Å². The molecule has 0 unspecified atom stereocenters. The van der Waals surface area contributed by atoms with E-state index in [1.54, 1.807) is 7.11 Å². The van der Waals surface area contributed by atoms with Crippen LogP contribution in [-0.2, 0) is 6.42 Å². The van der Waals surface area contributed by atoms with Crippen molar-refractivity contribution in [3.05, 3.63) is 65.1 Å². The second-order valence-corrected chi connectivity index (χ2v) is 8.26. The van der Waals surface area contributed by atoms with Gasteiger partial charge in [0.1, 0.15) is 23.0 Å². The molecule has 33 heavy (non-hydrogen) atoms. The molecule has 0 fully saturated rings. The number of aryl methyl sites for hydroxylation is 3. The summed E-state index contributed by atoms with van der Waals surface area (Å²) in [5.74, 6) is 2.21. The summed E-state index contributed by atoms with van der Waals surface area (Å²) in [5.41, 5.74) is 7.36. The lowest BCUT2D eigenvalue weighted by molar-refractivity contribution is 0.393. The summed E-state index contributed by atoms with van der Waals surface area (Å²) < 4.78 is 11.2. The molecule has 0 amide bonds. The predicted molar refractivity (Wildman–Crippen MR) is 127 cm³/mol. The molecule has 0 saturated carbocycles. The molecule has 0 aliphatic carbocycles. The fourth-order valence-corrected chi connectivity index (χ4v) is 4.70. The van der Waals surface area contributed by atoms with Gasteiger partial charge in [0.05, 0.1) is 29.6 Å². The summed E-state index contributed by atoms with van der Waals surface area (Å²) >= 11 is 0. The van der Waals surface area contributed by atoms with Crippen LogP contribution in [0.2, 0.25) is 0 Å². The number of fused-ring (bicyclic) bond motifs is 4. The molecule has 2 N–H and O–H groups in total. The van der Waals surface area contributed by atoms with Crippen LogP contribution in [0.4, 0.5) is 0 Å². The largest absolute Gasteiger partial charge is 0.496 e. The number of H-pyrrole nitrogens is 2. The first-order valence-corrected chi connectivity index (χ1v) is 10.8. The number of methoxy groups -OCH3 is 1. The van der Waals surface area contributed by atoms with Crippen molar-refractivity contribution in [2.75, 3.05) is 7.11 Å². The number of nitrogens with one attached hydrogen (secondary N) is 2. The van der Waals surface area contributed by atoms with Gasteiger partial charge in [0.25, 0.3) is 0 Å². The summed E-state index contributed by atoms with van der Waals surface area (Å²) in [4.78, 5) is 13.0. The van der Waals surface area contributed by atoms with E-state index in [1.165, 1.54) is 0 Å². The minimum atomic E-state index is 0.612. The van der Waals surface area contributed by atoms with Crippen molar-refractivity contribution in [3.8, 4) is 16.9 Å². The molecule has 0 saturated heterocycles. The van der Waals surface area contributed by atoms with E-state index >= 15 is 0 Å². The molecule has 4 heterocycles. The Morgan fingerprint density at radius 2 is 1.88 bits per heavy atom. The molecule has 2 aromatic carbocycles. The third kappa shape index (κ3) is 2.98. The number of rotatable bonds is 4. The minimum Gasteiger partial charge on any atom is -0.496 e. The molecule has 0 atom stereocenters. The Morgan fingerprint density at radius 1 is 1.03 bits per heavy atom. The normalized spacial score (nSPS) is 11.8. The van der Waals surface area contributed by atoms with Crippen LogP contribution < -0.4 is 4.74 Å². The Hall–Kier alpha value is -4.20. The highest BCUT2D eigenvalue weighted by Gasteiger charge is 2.21. The highest BCUT2D eigenvalue weighted by Crippen LogP contribution is 2.40. The molecule has 0 aliphatic heterocycles. The third-order valence-corrected chi connectivity index (χ3v) is 6.15. The quantitative estimate of drug-likeness (QED) is 0.393. The number of para-hydroxylation sites is 1. The Bertz CT molecular complexity index is 1650. The van der Waals surface area contributed by atoms with E-state index in [0.717, 1.165) is 72.6 Å². The zero-order chi connectivity index (χ0) is 22.7. The van der Waals surface area contributed by atoms with Gasteiger partial charge in [-0.15, -0.1) is 0 Å². The molecule has 0 spiro atoms. The van der Waals surface area contributed by atoms with Crippen LogP contribution in [0.25, 0.3) is 44.0 Å². The second-order valence-electron chi connectivity index (χ2n) is 8.26. The Labute approximate surface area is 189 Å². The van der Waals surface area contributed by atoms with Crippen LogP contribution in [0.5, 0.6) is 5.75 Å². The van der Waals surface area contributed by atoms with E-state index in [9.17, 15) is 0 Å². The van der Waals surface area contributed by atoms with Crippen molar-refractivity contribution < 1.29 is 9.26 Å². The number of hydrogen-bond acceptors (Lipinski definition) is 6. The van der Waals surface area contributed by atoms with Gasteiger partial charge >= 0.3 is 0 Å². The average Bonchev–Trinajstić information content (AvgIpc) is 3.47. The molecule has 6 rings (SSSR count). The van der Waals surface area contributed by atoms with E-state index in [0.29, 0.717) is 12.2 Å². The molecule has 164 valence electrons. The molecule has 6 aromatic rings. The van der Waals surface area contributed by atoms with Crippen molar-refractivity contribution in [1.29, 1.82) is 0 Å². The van der Waals surface area contributed by atoms with Gasteiger partial charge in [-0.3, -0.25) is 5.10 Å². The van der Waals surface area contributed by atoms with Crippen LogP contribution in [-0.4, -0.2) is 37.4 Å². The van der Waals surface area contributed by atoms with Gasteiger partial charge in [-0.2, -0.15) is 5.10 Å². The number of benzene rings is 2. The molecule has 4 aromatic heterocycles. The molecular weight excluding hydrogens is 416 g/mol. The van der Waals surface area contributed by atoms with Gasteiger partial charge in [0.2, 0.25) is 0 Å². The Kier molecular flexibility index (Phi) is 4.23. The van der Waals surface area contributed by atoms with E-state index in [2.05, 4.69) is 37.5 Å². The van der Waals surface area contributed by atoms with E-state index < -0.39 is 0 Å². The standard InChI is InChI=1S/C25H22N6O2/c1-12-23(13(2)33-31-12)17-9-19-16(10-22(17)32-4)24-21(26-14(3)27-25(24)28-19)11-20-15-7-5-6-8-18(15)29-30-20/h5-10H,11H2,1-4H3,(H,29,30)(H,26,27,28). The third-order valence-electron chi connectivity index (χ3n) is 6.15. The van der Waals surface area contributed by atoms with Crippen LogP contribution in [0.3, 0.4) is 0 Å². The minimum absolute atomic E-state index is 0.612. The van der Waals surface area contributed by atoms with Gasteiger partial charge in [-0.25, -0.2) is 9.97 Å². The van der Waals surface area contributed by atoms with Crippen LogP contribution in [0.15, 0.2) is 40.9 Å². The fraction of sp³-hybridized carbons (Fsp3) is 0.200. The highest BCUT2D eigenvalue weighted by atomic mass is 16.5. The summed E-state index contributed by atoms with van der Waals surface area (Å²) in [5, 5.41) is 14.8. The zero-order valence-electron chi connectivity index (χ0n) is 18.8. The number of ether oxygens (including phenoxy) is 1. The van der Waals surface area contributed by atoms with Gasteiger partial charge in [-0.05, 0) is 39.0 Å². The first-order chi connectivity index (χ1) is 16.0. The van der Waals surface area contributed by atoms with Gasteiger partial charge in [-0.1, -0.05) is 23.4 Å². The van der Waals surface area contributed by atoms with Crippen molar-refractivity contribution in [2.45, 2.75) is 27.2 Å². The Balaban J connectivity index is 1.59. The maximum absolute atomic E-state index is 5.79. The first-order valence-electron chi connectivity index (χ1n) is 10.8. The lowest BCUT2D eigenvalue weighted by atomic mass is 10.00. The number of nitrogens with zero attached hydrogens (tertiary/aromatic N) is 4. The van der Waals surface area contributed by atoms with Crippen LogP contribution in [0.1, 0.15) is 28.7 Å². The lowest BCUT2D eigenvalue weighted by Crippen LogP contribution is -1.99. The van der Waals surface area contributed by atoms with Gasteiger partial charge < -0.3 is 14.2 Å². The first kappa shape index (κ1) is 19.5. The second kappa shape index (κ2) is 7.16. The molecule has 0 radical (unpaired) electrons. The fourth-order valence-electron chi connectivity index (χ4n) is 4.70. The molecule has 8 nitrogen and oxygen atoms in total. The summed E-state index contributed by atoms with van der Waals surface area (Å²) in [6.45, 7) is 5.75. The van der Waals surface area contributed by atoms with Gasteiger partial charge in [0.15, 0.2) is 0 Å². The molecular formula is C25H22N6O2. The average molecular weight is 438 g/mol. The zero-order valence-corrected chi connectivity index (χ0v) is 18.8. The van der Waals surface area contributed by atoms with E-state index in [4.69, 9.17) is 14.2 Å². The van der Waals surface area contributed by atoms with Crippen molar-refractivity contribution in [1.82, 2.24) is 30.3 Å². The molecule has 0 aliphatic rings. The summed E-state index contributed by atoms with van der Waals surface area (Å²) in [6.07, 6.45) is 0.612. The monoisotopic (exact) mass is 438 g/mol. The maximum atomic E-state index is 5.79. The van der Waals surface area contributed by atoms with Crippen LogP contribution >= 0.6 is 0 Å². The van der Waals surface area contributed by atoms with E-state index in [1.807, 2.05) is 45.0 Å². The topological polar surface area (TPSA) is 106 Å². The molecule has 0 bridgehead atoms. The highest BCUT2D eigenvalue weighted by molar-refractivity contribution is 6.09. The van der Waals surface area contributed by atoms with Crippen LogP contribution in [0, 0.1) is 20.8 Å². The SMILES string of the molecule is COc1cc2c(cc1-c1c(C)noc1C)[nH]c1nc(C)nc(Cc3[nH]nc4ccccc34)c12. The maximum Gasteiger partial charge on any atom is 0.142 e. The predicted octanol–water partition coefficient (Wildman–Crippen LogP) is 5.17. The van der Waals surface area contributed by atoms with E-state index in [-0.39, 0.29) is 0 Å². The van der Waals surface area contributed by atoms with Gasteiger partial charge in [0, 0.05) is 39.4 Å². The summed E-state index contributed by atoms with van der Waals surface area (Å²) in [7, 11) is 1.68. The Morgan fingerprint density at radius 3 is 2.67 bits per heavy atom. The van der Waals surface area contributed by atoms with Crippen molar-refractivity contribution >= 4 is 32.8 Å². The number of hydrogen-bond donors (Lipinski definition) is 2. The van der Waals surface area contributed by atoms with Crippen molar-refractivity contribution in [2.24, 2.45) is 0 Å². The number of aromatic nitrogens is 6. The smallest absolute Gasteiger partial charge is 0.142 e. The number of aromatic amines is 2. The molecule has 8 heteroatoms. The lowest BCUT2D eigenvalue weighted by Gasteiger charge is -2.09. The summed E-state index contributed by atoms with van der Waals surface area (Å²) in [6, 6.07) is 12.2.